The molecule has 0 amide bonds. The van der Waals surface area contributed by atoms with E-state index in [1.807, 2.05) is 31.1 Å². The molecule has 0 saturated carbocycles. The Hall–Kier alpha value is -1.72. The summed E-state index contributed by atoms with van der Waals surface area (Å²) in [6.07, 6.45) is 2.17. The van der Waals surface area contributed by atoms with Gasteiger partial charge in [-0.25, -0.2) is 9.97 Å². The number of hydrogen-bond acceptors (Lipinski definition) is 5. The van der Waals surface area contributed by atoms with Crippen LogP contribution in [-0.4, -0.2) is 38.3 Å². The second-order valence-corrected chi connectivity index (χ2v) is 5.57. The van der Waals surface area contributed by atoms with Crippen LogP contribution in [0.4, 0.5) is 5.69 Å². The van der Waals surface area contributed by atoms with Crippen molar-refractivity contribution in [3.8, 4) is 11.5 Å². The van der Waals surface area contributed by atoms with Gasteiger partial charge in [-0.1, -0.05) is 11.6 Å². The fourth-order valence-electron chi connectivity index (χ4n) is 2.20. The number of nitrogens with zero attached hydrogens (tertiary/aromatic N) is 3. The molecule has 0 atom stereocenters. The maximum absolute atomic E-state index is 6.10. The minimum absolute atomic E-state index is 0.131. The topological polar surface area (TPSA) is 47.5 Å². The van der Waals surface area contributed by atoms with Gasteiger partial charge in [0.15, 0.2) is 0 Å². The highest BCUT2D eigenvalue weighted by atomic mass is 35.5. The van der Waals surface area contributed by atoms with Gasteiger partial charge >= 0.3 is 0 Å². The molecule has 0 aliphatic heterocycles. The third kappa shape index (κ3) is 3.54. The van der Waals surface area contributed by atoms with E-state index in [1.54, 1.807) is 20.4 Å². The Morgan fingerprint density at radius 1 is 1.09 bits per heavy atom. The van der Waals surface area contributed by atoms with Gasteiger partial charge in [0.2, 0.25) is 5.28 Å². The summed E-state index contributed by atoms with van der Waals surface area (Å²) < 4.78 is 10.9. The van der Waals surface area contributed by atoms with Crippen LogP contribution in [0.15, 0.2) is 18.3 Å². The minimum atomic E-state index is 0.131. The number of benzene rings is 1. The van der Waals surface area contributed by atoms with Crippen LogP contribution in [0.1, 0.15) is 11.1 Å². The molecule has 0 aliphatic rings. The SMILES string of the molecule is COc1cc(Cc2cnc(Cl)nc2Cl)cc(OC)c1N(C)C. The second kappa shape index (κ2) is 7.03. The Balaban J connectivity index is 2.43. The first-order valence-electron chi connectivity index (χ1n) is 6.55. The van der Waals surface area contributed by atoms with E-state index in [9.17, 15) is 0 Å². The Kier molecular flexibility index (Phi) is 5.32. The van der Waals surface area contributed by atoms with Crippen LogP contribution >= 0.6 is 23.2 Å². The average molecular weight is 342 g/mol. The number of halogens is 2. The Morgan fingerprint density at radius 3 is 2.14 bits per heavy atom. The number of methoxy groups -OCH3 is 2. The first kappa shape index (κ1) is 16.6. The zero-order valence-electron chi connectivity index (χ0n) is 12.9. The van der Waals surface area contributed by atoms with Crippen molar-refractivity contribution < 1.29 is 9.47 Å². The molecule has 0 N–H and O–H groups in total. The number of aromatic nitrogens is 2. The van der Waals surface area contributed by atoms with Crippen LogP contribution in [-0.2, 0) is 6.42 Å². The lowest BCUT2D eigenvalue weighted by molar-refractivity contribution is 0.395. The van der Waals surface area contributed by atoms with E-state index in [4.69, 9.17) is 32.7 Å². The molecule has 22 heavy (non-hydrogen) atoms. The molecule has 118 valence electrons. The van der Waals surface area contributed by atoms with Crippen LogP contribution in [0.25, 0.3) is 0 Å². The van der Waals surface area contributed by atoms with Crippen molar-refractivity contribution in [3.05, 3.63) is 39.9 Å². The monoisotopic (exact) mass is 341 g/mol. The predicted molar refractivity (Wildman–Crippen MR) is 88.7 cm³/mol. The van der Waals surface area contributed by atoms with Gasteiger partial charge in [-0.2, -0.15) is 0 Å². The van der Waals surface area contributed by atoms with Gasteiger partial charge in [0, 0.05) is 32.3 Å². The summed E-state index contributed by atoms with van der Waals surface area (Å²) in [5.41, 5.74) is 2.65. The number of ether oxygens (including phenoxy) is 2. The maximum Gasteiger partial charge on any atom is 0.223 e. The molecule has 1 heterocycles. The first-order valence-corrected chi connectivity index (χ1v) is 7.31. The highest BCUT2D eigenvalue weighted by Crippen LogP contribution is 2.38. The zero-order valence-corrected chi connectivity index (χ0v) is 14.4. The Morgan fingerprint density at radius 2 is 1.68 bits per heavy atom. The molecule has 1 aromatic heterocycles. The molecule has 5 nitrogen and oxygen atoms in total. The summed E-state index contributed by atoms with van der Waals surface area (Å²) in [5.74, 6) is 1.45. The van der Waals surface area contributed by atoms with E-state index in [-0.39, 0.29) is 5.28 Å². The molecule has 2 rings (SSSR count). The van der Waals surface area contributed by atoms with Gasteiger partial charge < -0.3 is 14.4 Å². The van der Waals surface area contributed by atoms with Gasteiger partial charge in [-0.15, -0.1) is 0 Å². The molecule has 2 aromatic rings. The van der Waals surface area contributed by atoms with Crippen molar-refractivity contribution in [2.75, 3.05) is 33.2 Å². The van der Waals surface area contributed by atoms with Gasteiger partial charge in [0.05, 0.1) is 14.2 Å². The lowest BCUT2D eigenvalue weighted by atomic mass is 10.1. The number of rotatable bonds is 5. The van der Waals surface area contributed by atoms with Crippen LogP contribution in [0.3, 0.4) is 0 Å². The first-order chi connectivity index (χ1) is 10.5. The van der Waals surface area contributed by atoms with Crippen molar-refractivity contribution in [3.63, 3.8) is 0 Å². The number of hydrogen-bond donors (Lipinski definition) is 0. The highest BCUT2D eigenvalue weighted by molar-refractivity contribution is 6.32. The van der Waals surface area contributed by atoms with Crippen molar-refractivity contribution >= 4 is 28.9 Å². The summed E-state index contributed by atoms with van der Waals surface area (Å²) in [4.78, 5) is 9.86. The third-order valence-corrected chi connectivity index (χ3v) is 3.67. The summed E-state index contributed by atoms with van der Waals surface area (Å²) in [6.45, 7) is 0. The van der Waals surface area contributed by atoms with E-state index in [0.717, 1.165) is 28.3 Å². The highest BCUT2D eigenvalue weighted by Gasteiger charge is 2.15. The standard InChI is InChI=1S/C15H17Cl2N3O2/c1-20(2)13-11(21-3)6-9(7-12(13)22-4)5-10-8-18-15(17)19-14(10)16/h6-8H,5H2,1-4H3. The van der Waals surface area contributed by atoms with E-state index in [1.165, 1.54) is 0 Å². The molecule has 0 unspecified atom stereocenters. The molecule has 0 bridgehead atoms. The van der Waals surface area contributed by atoms with Crippen molar-refractivity contribution in [2.24, 2.45) is 0 Å². The number of anilines is 1. The predicted octanol–water partition coefficient (Wildman–Crippen LogP) is 3.46. The summed E-state index contributed by atoms with van der Waals surface area (Å²) >= 11 is 11.8. The van der Waals surface area contributed by atoms with Crippen molar-refractivity contribution in [1.82, 2.24) is 9.97 Å². The lowest BCUT2D eigenvalue weighted by Gasteiger charge is -2.21. The van der Waals surface area contributed by atoms with Gasteiger partial charge in [-0.05, 0) is 29.3 Å². The summed E-state index contributed by atoms with van der Waals surface area (Å²) in [7, 11) is 7.13. The average Bonchev–Trinajstić information content (AvgIpc) is 2.48. The molecule has 0 fully saturated rings. The van der Waals surface area contributed by atoms with Crippen molar-refractivity contribution in [2.45, 2.75) is 6.42 Å². The summed E-state index contributed by atoms with van der Waals surface area (Å²) in [6, 6.07) is 3.89. The zero-order chi connectivity index (χ0) is 16.3. The van der Waals surface area contributed by atoms with Gasteiger partial charge in [-0.3, -0.25) is 0 Å². The van der Waals surface area contributed by atoms with Crippen LogP contribution in [0, 0.1) is 0 Å². The van der Waals surface area contributed by atoms with Crippen LogP contribution in [0.5, 0.6) is 11.5 Å². The van der Waals surface area contributed by atoms with Gasteiger partial charge in [0.1, 0.15) is 22.3 Å². The summed E-state index contributed by atoms with van der Waals surface area (Å²) in [5, 5.41) is 0.474. The van der Waals surface area contributed by atoms with Crippen LogP contribution < -0.4 is 14.4 Å². The fraction of sp³-hybridized carbons (Fsp3) is 0.333. The lowest BCUT2D eigenvalue weighted by Crippen LogP contribution is -2.12. The largest absolute Gasteiger partial charge is 0.494 e. The molecular formula is C15H17Cl2N3O2. The van der Waals surface area contributed by atoms with Crippen molar-refractivity contribution in [1.29, 1.82) is 0 Å². The molecule has 1 aromatic carbocycles. The Bertz CT molecular complexity index is 653. The molecule has 0 saturated heterocycles. The molecule has 7 heteroatoms. The smallest absolute Gasteiger partial charge is 0.223 e. The third-order valence-electron chi connectivity index (χ3n) is 3.16. The maximum atomic E-state index is 6.10. The normalized spacial score (nSPS) is 10.5. The van der Waals surface area contributed by atoms with E-state index < -0.39 is 0 Å². The second-order valence-electron chi connectivity index (χ2n) is 4.88. The van der Waals surface area contributed by atoms with E-state index in [2.05, 4.69) is 9.97 Å². The molecule has 0 spiro atoms. The van der Waals surface area contributed by atoms with Crippen LogP contribution in [0.2, 0.25) is 10.4 Å². The fourth-order valence-corrected chi connectivity index (χ4v) is 2.57. The minimum Gasteiger partial charge on any atom is -0.494 e. The van der Waals surface area contributed by atoms with E-state index >= 15 is 0 Å². The molecule has 0 radical (unpaired) electrons. The molecular weight excluding hydrogens is 325 g/mol. The quantitative estimate of drug-likeness (QED) is 0.615. The van der Waals surface area contributed by atoms with E-state index in [0.29, 0.717) is 11.6 Å². The van der Waals surface area contributed by atoms with Gasteiger partial charge in [0.25, 0.3) is 0 Å². The Labute approximate surface area is 139 Å². The molecule has 0 aliphatic carbocycles.